The Kier molecular flexibility index (Phi) is 6.14. The summed E-state index contributed by atoms with van der Waals surface area (Å²) in [6, 6.07) is 4.38. The number of rotatable bonds is 4. The Balaban J connectivity index is 1.06. The number of piperidine rings is 1. The molecule has 6 rings (SSSR count). The summed E-state index contributed by atoms with van der Waals surface area (Å²) in [5.41, 5.74) is -1.11. The number of carbonyl (C=O) groups excluding carboxylic acids is 2. The normalized spacial score (nSPS) is 30.8. The van der Waals surface area contributed by atoms with E-state index in [1.807, 2.05) is 0 Å². The smallest absolute Gasteiger partial charge is 0.338 e. The lowest BCUT2D eigenvalue weighted by molar-refractivity contribution is -0.136. The molecule has 0 aromatic heterocycles. The van der Waals surface area contributed by atoms with Gasteiger partial charge in [0.15, 0.2) is 0 Å². The number of hydrogen-bond donors (Lipinski definition) is 3. The minimum atomic E-state index is -4.53. The Morgan fingerprint density at radius 1 is 0.971 bits per heavy atom. The van der Waals surface area contributed by atoms with Gasteiger partial charge >= 0.3 is 18.2 Å². The molecule has 6 nitrogen and oxygen atoms in total. The van der Waals surface area contributed by atoms with Crippen molar-refractivity contribution in [3.05, 3.63) is 29.8 Å². The second kappa shape index (κ2) is 8.96. The van der Waals surface area contributed by atoms with E-state index in [0.29, 0.717) is 32.5 Å². The average molecular weight is 479 g/mol. The van der Waals surface area contributed by atoms with Gasteiger partial charge in [-0.05, 0) is 87.2 Å². The zero-order valence-electron chi connectivity index (χ0n) is 19.3. The summed E-state index contributed by atoms with van der Waals surface area (Å²) in [5.74, 6) is 2.55. The maximum atomic E-state index is 13.2. The lowest BCUT2D eigenvalue weighted by atomic mass is 9.53. The Morgan fingerprint density at radius 3 is 2.15 bits per heavy atom. The molecule has 0 spiro atoms. The van der Waals surface area contributed by atoms with Crippen LogP contribution in [0, 0.1) is 23.7 Å². The summed E-state index contributed by atoms with van der Waals surface area (Å²) in [5, 5.41) is 8.77. The van der Waals surface area contributed by atoms with E-state index in [-0.39, 0.29) is 23.2 Å². The van der Waals surface area contributed by atoms with Crippen molar-refractivity contribution in [1.82, 2.24) is 15.5 Å². The molecule has 1 saturated heterocycles. The van der Waals surface area contributed by atoms with Crippen LogP contribution >= 0.6 is 0 Å². The van der Waals surface area contributed by atoms with E-state index < -0.39 is 17.8 Å². The van der Waals surface area contributed by atoms with Crippen LogP contribution in [-0.4, -0.2) is 42.1 Å². The molecule has 0 unspecified atom stereocenters. The largest absolute Gasteiger partial charge is 0.418 e. The van der Waals surface area contributed by atoms with Crippen molar-refractivity contribution in [1.29, 1.82) is 0 Å². The standard InChI is InChI=1S/C25H33F3N4O2/c26-25(27,28)20-3-1-2-4-21(20)30-23(34)32-7-5-16(6-8-32)15-29-22(33)31-24-12-17-9-18(13-24)11-19(10-17)14-24/h1-4,16-19H,5-15H2,(H,30,34)(H2,29,31,33). The Hall–Kier alpha value is -2.45. The number of alkyl halides is 3. The number of nitrogens with zero attached hydrogens (tertiary/aromatic N) is 1. The Morgan fingerprint density at radius 2 is 1.56 bits per heavy atom. The van der Waals surface area contributed by atoms with Crippen molar-refractivity contribution in [3.8, 4) is 0 Å². The average Bonchev–Trinajstić information content (AvgIpc) is 2.76. The molecule has 3 N–H and O–H groups in total. The van der Waals surface area contributed by atoms with Crippen LogP contribution in [0.2, 0.25) is 0 Å². The summed E-state index contributed by atoms with van der Waals surface area (Å²) >= 11 is 0. The fourth-order valence-corrected chi connectivity index (χ4v) is 7.16. The summed E-state index contributed by atoms with van der Waals surface area (Å²) < 4.78 is 39.5. The first-order chi connectivity index (χ1) is 16.2. The number of para-hydroxylation sites is 1. The van der Waals surface area contributed by atoms with Gasteiger partial charge in [-0.15, -0.1) is 0 Å². The van der Waals surface area contributed by atoms with Crippen LogP contribution in [0.4, 0.5) is 28.4 Å². The molecule has 4 amide bonds. The lowest BCUT2D eigenvalue weighted by Crippen LogP contribution is -2.61. The first kappa shape index (κ1) is 23.3. The fraction of sp³-hybridized carbons (Fsp3) is 0.680. The van der Waals surface area contributed by atoms with Gasteiger partial charge in [0.2, 0.25) is 0 Å². The number of amides is 4. The number of nitrogens with one attached hydrogen (secondary N) is 3. The number of carbonyl (C=O) groups is 2. The van der Waals surface area contributed by atoms with E-state index in [0.717, 1.165) is 43.1 Å². The van der Waals surface area contributed by atoms with Crippen molar-refractivity contribution in [3.63, 3.8) is 0 Å². The van der Waals surface area contributed by atoms with Crippen LogP contribution in [0.1, 0.15) is 56.9 Å². The van der Waals surface area contributed by atoms with Crippen LogP contribution in [0.3, 0.4) is 0 Å². The highest BCUT2D eigenvalue weighted by atomic mass is 19.4. The van der Waals surface area contributed by atoms with E-state index >= 15 is 0 Å². The van der Waals surface area contributed by atoms with Gasteiger partial charge in [0.05, 0.1) is 11.3 Å². The molecule has 5 aliphatic rings. The van der Waals surface area contributed by atoms with Gasteiger partial charge in [-0.2, -0.15) is 13.2 Å². The van der Waals surface area contributed by atoms with Crippen molar-refractivity contribution in [2.75, 3.05) is 25.0 Å². The van der Waals surface area contributed by atoms with E-state index in [9.17, 15) is 22.8 Å². The van der Waals surface area contributed by atoms with Crippen molar-refractivity contribution in [2.24, 2.45) is 23.7 Å². The number of benzene rings is 1. The van der Waals surface area contributed by atoms with Crippen LogP contribution in [0.15, 0.2) is 24.3 Å². The molecule has 186 valence electrons. The molecular weight excluding hydrogens is 445 g/mol. The van der Waals surface area contributed by atoms with E-state index in [1.54, 1.807) is 4.90 Å². The zero-order chi connectivity index (χ0) is 23.9. The number of likely N-dealkylation sites (tertiary alicyclic amines) is 1. The fourth-order valence-electron chi connectivity index (χ4n) is 7.16. The first-order valence-corrected chi connectivity index (χ1v) is 12.5. The van der Waals surface area contributed by atoms with Gasteiger partial charge in [-0.25, -0.2) is 9.59 Å². The molecule has 4 bridgehead atoms. The third-order valence-electron chi connectivity index (χ3n) is 8.34. The number of halogens is 3. The molecule has 4 saturated carbocycles. The summed E-state index contributed by atoms with van der Waals surface area (Å²) in [6.07, 6.45) is 4.19. The van der Waals surface area contributed by atoms with Gasteiger partial charge in [-0.3, -0.25) is 0 Å². The second-order valence-electron chi connectivity index (χ2n) is 10.9. The van der Waals surface area contributed by atoms with Gasteiger partial charge in [-0.1, -0.05) is 12.1 Å². The highest BCUT2D eigenvalue weighted by Crippen LogP contribution is 2.55. The van der Waals surface area contributed by atoms with Crippen molar-refractivity contribution >= 4 is 17.7 Å². The summed E-state index contributed by atoms with van der Waals surface area (Å²) in [7, 11) is 0. The molecule has 1 aromatic carbocycles. The third kappa shape index (κ3) is 4.98. The lowest BCUT2D eigenvalue weighted by Gasteiger charge is -2.56. The zero-order valence-corrected chi connectivity index (χ0v) is 19.3. The van der Waals surface area contributed by atoms with Gasteiger partial charge < -0.3 is 20.9 Å². The SMILES string of the molecule is O=C(NCC1CCN(C(=O)Nc2ccccc2C(F)(F)F)CC1)NC12CC3CC(CC(C3)C1)C2. The maximum Gasteiger partial charge on any atom is 0.418 e. The van der Waals surface area contributed by atoms with Crippen molar-refractivity contribution in [2.45, 2.75) is 63.1 Å². The van der Waals surface area contributed by atoms with Crippen molar-refractivity contribution < 1.29 is 22.8 Å². The molecule has 0 radical (unpaired) electrons. The highest BCUT2D eigenvalue weighted by Gasteiger charge is 2.51. The molecule has 34 heavy (non-hydrogen) atoms. The van der Waals surface area contributed by atoms with Crippen LogP contribution in [0.25, 0.3) is 0 Å². The first-order valence-electron chi connectivity index (χ1n) is 12.5. The van der Waals surface area contributed by atoms with Crippen LogP contribution in [-0.2, 0) is 6.18 Å². The van der Waals surface area contributed by atoms with Crippen LogP contribution in [0.5, 0.6) is 0 Å². The van der Waals surface area contributed by atoms with E-state index in [4.69, 9.17) is 0 Å². The minimum Gasteiger partial charge on any atom is -0.338 e. The van der Waals surface area contributed by atoms with Gasteiger partial charge in [0.25, 0.3) is 0 Å². The minimum absolute atomic E-state index is 0.0208. The molecule has 9 heteroatoms. The topological polar surface area (TPSA) is 73.5 Å². The molecule has 5 fully saturated rings. The predicted molar refractivity (Wildman–Crippen MR) is 122 cm³/mol. The number of hydrogen-bond acceptors (Lipinski definition) is 2. The summed E-state index contributed by atoms with van der Waals surface area (Å²) in [6.45, 7) is 1.44. The quantitative estimate of drug-likeness (QED) is 0.555. The molecular formula is C25H33F3N4O2. The molecule has 0 atom stereocenters. The van der Waals surface area contributed by atoms with E-state index in [2.05, 4.69) is 16.0 Å². The number of anilines is 1. The summed E-state index contributed by atoms with van der Waals surface area (Å²) in [4.78, 5) is 26.8. The molecule has 1 heterocycles. The number of urea groups is 2. The third-order valence-corrected chi connectivity index (χ3v) is 8.34. The maximum absolute atomic E-state index is 13.2. The van der Waals surface area contributed by atoms with Crippen LogP contribution < -0.4 is 16.0 Å². The molecule has 1 aromatic rings. The van der Waals surface area contributed by atoms with Gasteiger partial charge in [0.1, 0.15) is 0 Å². The predicted octanol–water partition coefficient (Wildman–Crippen LogP) is 5.22. The molecule has 1 aliphatic heterocycles. The van der Waals surface area contributed by atoms with E-state index in [1.165, 1.54) is 37.5 Å². The van der Waals surface area contributed by atoms with Gasteiger partial charge in [0, 0.05) is 25.2 Å². The molecule has 4 aliphatic carbocycles. The Bertz CT molecular complexity index is 892. The second-order valence-corrected chi connectivity index (χ2v) is 10.9. The monoisotopic (exact) mass is 478 g/mol. The Labute approximate surface area is 198 Å². The highest BCUT2D eigenvalue weighted by molar-refractivity contribution is 5.90.